The van der Waals surface area contributed by atoms with Crippen LogP contribution < -0.4 is 36.3 Å². The van der Waals surface area contributed by atoms with Crippen LogP contribution in [0.15, 0.2) is 12.1 Å². The van der Waals surface area contributed by atoms with Gasteiger partial charge < -0.3 is 41.4 Å². The molecule has 0 fully saturated rings. The van der Waals surface area contributed by atoms with Crippen molar-refractivity contribution in [3.05, 3.63) is 27.7 Å². The van der Waals surface area contributed by atoms with Crippen LogP contribution >= 0.6 is 23.2 Å². The van der Waals surface area contributed by atoms with Gasteiger partial charge in [-0.1, -0.05) is 23.2 Å². The van der Waals surface area contributed by atoms with Crippen molar-refractivity contribution in [3.63, 3.8) is 0 Å². The fraction of sp³-hybridized carbons (Fsp3) is 0.250. The zero-order valence-corrected chi connectivity index (χ0v) is 13.2. The number of nitrogens with two attached hydrogens (primary N) is 2. The minimum atomic E-state index is -0.402. The smallest absolute Gasteiger partial charge is 1.00 e. The van der Waals surface area contributed by atoms with Crippen molar-refractivity contribution in [2.75, 3.05) is 6.54 Å². The maximum Gasteiger partial charge on any atom is 2.00 e. The van der Waals surface area contributed by atoms with E-state index in [0.29, 0.717) is 15.6 Å². The molecule has 1 aromatic rings. The molecule has 1 unspecified atom stereocenters. The Morgan fingerprint density at radius 3 is 1.88 bits per heavy atom. The van der Waals surface area contributed by atoms with Crippen LogP contribution in [0.4, 0.5) is 0 Å². The molecule has 0 bridgehead atoms. The summed E-state index contributed by atoms with van der Waals surface area (Å²) in [5, 5.41) is 9.80. The molecule has 0 heterocycles. The van der Waals surface area contributed by atoms with Crippen molar-refractivity contribution < 1.29 is 51.0 Å². The van der Waals surface area contributed by atoms with Crippen molar-refractivity contribution in [1.82, 2.24) is 0 Å². The third kappa shape index (κ3) is 5.41. The van der Waals surface area contributed by atoms with Crippen LogP contribution in [-0.4, -0.2) is 11.7 Å². The van der Waals surface area contributed by atoms with E-state index in [1.165, 1.54) is 12.1 Å². The molecule has 0 aliphatic rings. The third-order valence-corrected chi connectivity index (χ3v) is 2.31. The van der Waals surface area contributed by atoms with Gasteiger partial charge in [-0.05, 0) is 12.1 Å². The average Bonchev–Trinajstić information content (AvgIpc) is 2.02. The van der Waals surface area contributed by atoms with E-state index in [1.807, 2.05) is 0 Å². The predicted molar refractivity (Wildman–Crippen MR) is 54.1 cm³/mol. The second kappa shape index (κ2) is 9.78. The molecule has 96 valence electrons. The molecule has 0 saturated heterocycles. The minimum Gasteiger partial charge on any atom is -1.00 e. The molecule has 0 spiro atoms. The number of phenolic OH excluding ortho intramolecular Hbond substituents is 1. The molecule has 0 saturated carbocycles. The second-order valence-electron chi connectivity index (χ2n) is 2.67. The topological polar surface area (TPSA) is 72.3 Å². The summed E-state index contributed by atoms with van der Waals surface area (Å²) in [7, 11) is 0. The summed E-state index contributed by atoms with van der Waals surface area (Å²) in [5.74, 6) is 0.0166. The summed E-state index contributed by atoms with van der Waals surface area (Å²) in [5.41, 5.74) is 11.6. The van der Waals surface area contributed by atoms with Gasteiger partial charge in [0.1, 0.15) is 5.75 Å². The Bertz CT molecular complexity index is 304. The molecule has 0 aliphatic carbocycles. The molecule has 0 radical (unpaired) electrons. The molecule has 1 rings (SSSR count). The van der Waals surface area contributed by atoms with Gasteiger partial charge in [-0.25, -0.2) is 0 Å². The van der Waals surface area contributed by atoms with Gasteiger partial charge in [-0.2, -0.15) is 0 Å². The van der Waals surface area contributed by atoms with Gasteiger partial charge in [-0.3, -0.25) is 0 Å². The van der Waals surface area contributed by atoms with Gasteiger partial charge in [0.15, 0.2) is 0 Å². The largest absolute Gasteiger partial charge is 2.00 e. The van der Waals surface area contributed by atoms with Crippen LogP contribution in [0.1, 0.15) is 11.6 Å². The first-order valence-electron chi connectivity index (χ1n) is 3.69. The van der Waals surface area contributed by atoms with Gasteiger partial charge >= 0.3 is 21.1 Å². The van der Waals surface area contributed by atoms with Gasteiger partial charge in [0.25, 0.3) is 0 Å². The number of benzene rings is 1. The van der Waals surface area contributed by atoms with Crippen LogP contribution in [0.5, 0.6) is 5.75 Å². The number of hydrogen-bond donors (Lipinski definition) is 3. The van der Waals surface area contributed by atoms with Crippen molar-refractivity contribution in [3.8, 4) is 5.75 Å². The molecule has 8 heteroatoms. The zero-order valence-electron chi connectivity index (χ0n) is 7.87. The summed E-state index contributed by atoms with van der Waals surface area (Å²) in [4.78, 5) is 0. The van der Waals surface area contributed by atoms with Gasteiger partial charge in [-0.15, -0.1) is 0 Å². The second-order valence-corrected chi connectivity index (χ2v) is 3.48. The number of halogens is 4. The fourth-order valence-corrected chi connectivity index (χ4v) is 1.80. The first kappa shape index (κ1) is 22.0. The van der Waals surface area contributed by atoms with E-state index in [9.17, 15) is 0 Å². The molecular formula is C8H10Cl4N2OPt. The normalized spacial score (nSPS) is 10.5. The van der Waals surface area contributed by atoms with E-state index in [1.54, 1.807) is 0 Å². The summed E-state index contributed by atoms with van der Waals surface area (Å²) < 4.78 is 0. The van der Waals surface area contributed by atoms with Crippen LogP contribution in [0, 0.1) is 0 Å². The quantitative estimate of drug-likeness (QED) is 0.396. The fourth-order valence-electron chi connectivity index (χ4n) is 1.04. The van der Waals surface area contributed by atoms with Crippen LogP contribution in [0.25, 0.3) is 0 Å². The number of aromatic hydroxyl groups is 1. The standard InChI is InChI=1S/C8H10Cl2N2O.2ClH.Pt/c9-5-1-4(13)2-6(10)8(5)7(12)3-11;;;/h1-2,7,13H,3,11-12H2;2*1H;/q;;;+2/p-2. The monoisotopic (exact) mass is 485 g/mol. The Balaban J connectivity index is -0.000000563. The summed E-state index contributed by atoms with van der Waals surface area (Å²) >= 11 is 11.7. The van der Waals surface area contributed by atoms with E-state index in [2.05, 4.69) is 0 Å². The predicted octanol–water partition coefficient (Wildman–Crippen LogP) is -4.34. The number of hydrogen-bond acceptors (Lipinski definition) is 3. The molecule has 1 aromatic carbocycles. The molecule has 1 atom stereocenters. The van der Waals surface area contributed by atoms with Gasteiger partial charge in [0.05, 0.1) is 10.0 Å². The molecule has 0 aliphatic heterocycles. The van der Waals surface area contributed by atoms with Gasteiger partial charge in [0, 0.05) is 18.2 Å². The Hall–Kier alpha value is 0.788. The number of rotatable bonds is 2. The van der Waals surface area contributed by atoms with E-state index in [0.717, 1.165) is 0 Å². The Morgan fingerprint density at radius 1 is 1.19 bits per heavy atom. The molecule has 5 N–H and O–H groups in total. The SMILES string of the molecule is NCC(N)c1c(Cl)cc(O)cc1Cl.[Cl-].[Cl-].[Pt+2]. The van der Waals surface area contributed by atoms with E-state index in [-0.39, 0.29) is 58.2 Å². The minimum absolute atomic E-state index is 0. The Labute approximate surface area is 131 Å². The van der Waals surface area contributed by atoms with E-state index >= 15 is 0 Å². The van der Waals surface area contributed by atoms with Crippen molar-refractivity contribution in [2.45, 2.75) is 6.04 Å². The molecule has 0 amide bonds. The maximum absolute atomic E-state index is 9.13. The zero-order chi connectivity index (χ0) is 10.0. The summed E-state index contributed by atoms with van der Waals surface area (Å²) in [6, 6.07) is 2.37. The van der Waals surface area contributed by atoms with Crippen LogP contribution in [0.2, 0.25) is 10.0 Å². The summed E-state index contributed by atoms with van der Waals surface area (Å²) in [6.45, 7) is 0.254. The molecule has 16 heavy (non-hydrogen) atoms. The van der Waals surface area contributed by atoms with Crippen molar-refractivity contribution in [1.29, 1.82) is 0 Å². The molecule has 3 nitrogen and oxygen atoms in total. The first-order chi connectivity index (χ1) is 6.06. The van der Waals surface area contributed by atoms with Crippen LogP contribution in [0.3, 0.4) is 0 Å². The van der Waals surface area contributed by atoms with Crippen molar-refractivity contribution >= 4 is 23.2 Å². The molecule has 0 aromatic heterocycles. The first-order valence-corrected chi connectivity index (χ1v) is 4.45. The number of phenols is 1. The van der Waals surface area contributed by atoms with Crippen LogP contribution in [-0.2, 0) is 21.1 Å². The summed E-state index contributed by atoms with van der Waals surface area (Å²) in [6.07, 6.45) is 0. The van der Waals surface area contributed by atoms with E-state index in [4.69, 9.17) is 39.8 Å². The van der Waals surface area contributed by atoms with Crippen molar-refractivity contribution in [2.24, 2.45) is 11.5 Å². The molecular weight excluding hydrogens is 477 g/mol. The average molecular weight is 487 g/mol. The Morgan fingerprint density at radius 2 is 1.56 bits per heavy atom. The third-order valence-electron chi connectivity index (χ3n) is 1.69. The van der Waals surface area contributed by atoms with E-state index < -0.39 is 6.04 Å². The Kier molecular flexibility index (Phi) is 13.5. The van der Waals surface area contributed by atoms with Gasteiger partial charge in [0.2, 0.25) is 0 Å². The maximum atomic E-state index is 9.13.